The van der Waals surface area contributed by atoms with Gasteiger partial charge in [-0.2, -0.15) is 0 Å². The molecule has 2 aromatic carbocycles. The van der Waals surface area contributed by atoms with E-state index < -0.39 is 0 Å². The molecule has 2 N–H and O–H groups in total. The highest BCUT2D eigenvalue weighted by Crippen LogP contribution is 2.28. The molecule has 0 saturated heterocycles. The highest BCUT2D eigenvalue weighted by atomic mass is 16.5. The Balaban J connectivity index is 2.14. The van der Waals surface area contributed by atoms with E-state index in [1.807, 2.05) is 24.3 Å². The molecule has 0 atom stereocenters. The molecule has 0 fully saturated rings. The summed E-state index contributed by atoms with van der Waals surface area (Å²) in [5.41, 5.74) is 6.70. The van der Waals surface area contributed by atoms with Crippen LogP contribution in [-0.4, -0.2) is 6.61 Å². The summed E-state index contributed by atoms with van der Waals surface area (Å²) in [6, 6.07) is 12.2. The monoisotopic (exact) mass is 229 g/mol. The van der Waals surface area contributed by atoms with Crippen LogP contribution in [0.15, 0.2) is 36.4 Å². The lowest BCUT2D eigenvalue weighted by molar-refractivity contribution is 0.308. The van der Waals surface area contributed by atoms with Crippen molar-refractivity contribution in [1.29, 1.82) is 0 Å². The molecule has 0 aromatic heterocycles. The van der Waals surface area contributed by atoms with Gasteiger partial charge in [0, 0.05) is 0 Å². The Hall–Kier alpha value is -1.70. The summed E-state index contributed by atoms with van der Waals surface area (Å²) in [5.74, 6) is 0.805. The molecule has 0 heterocycles. The summed E-state index contributed by atoms with van der Waals surface area (Å²) in [5, 5.41) is 2.33. The van der Waals surface area contributed by atoms with Crippen molar-refractivity contribution in [1.82, 2.24) is 0 Å². The van der Waals surface area contributed by atoms with Gasteiger partial charge in [-0.15, -0.1) is 0 Å². The molecule has 0 aliphatic carbocycles. The zero-order valence-electron chi connectivity index (χ0n) is 10.3. The number of unbranched alkanes of at least 4 members (excludes halogenated alkanes) is 2. The van der Waals surface area contributed by atoms with Gasteiger partial charge in [0.05, 0.1) is 12.3 Å². The molecule has 2 heteroatoms. The normalized spacial score (nSPS) is 10.6. The van der Waals surface area contributed by atoms with Crippen molar-refractivity contribution in [2.75, 3.05) is 12.3 Å². The van der Waals surface area contributed by atoms with Crippen molar-refractivity contribution >= 4 is 16.5 Å². The second kappa shape index (κ2) is 5.58. The summed E-state index contributed by atoms with van der Waals surface area (Å²) in [6.07, 6.45) is 3.49. The first-order valence-electron chi connectivity index (χ1n) is 6.22. The Morgan fingerprint density at radius 2 is 1.76 bits per heavy atom. The maximum atomic E-state index is 5.98. The number of hydrogen-bond donors (Lipinski definition) is 1. The Bertz CT molecular complexity index is 493. The zero-order valence-corrected chi connectivity index (χ0v) is 10.3. The van der Waals surface area contributed by atoms with Gasteiger partial charge in [-0.25, -0.2) is 0 Å². The van der Waals surface area contributed by atoms with Gasteiger partial charge in [0.1, 0.15) is 5.75 Å². The van der Waals surface area contributed by atoms with E-state index >= 15 is 0 Å². The van der Waals surface area contributed by atoms with E-state index in [4.69, 9.17) is 10.5 Å². The number of rotatable bonds is 5. The van der Waals surface area contributed by atoms with Crippen molar-refractivity contribution in [2.45, 2.75) is 26.2 Å². The second-order valence-electron chi connectivity index (χ2n) is 4.29. The summed E-state index contributed by atoms with van der Waals surface area (Å²) < 4.78 is 5.72. The van der Waals surface area contributed by atoms with Crippen molar-refractivity contribution < 1.29 is 4.74 Å². The molecule has 0 amide bonds. The van der Waals surface area contributed by atoms with Gasteiger partial charge < -0.3 is 10.5 Å². The molecule has 0 unspecified atom stereocenters. The Labute approximate surface area is 102 Å². The van der Waals surface area contributed by atoms with Gasteiger partial charge in [-0.05, 0) is 29.3 Å². The van der Waals surface area contributed by atoms with E-state index in [1.54, 1.807) is 0 Å². The quantitative estimate of drug-likeness (QED) is 0.621. The van der Waals surface area contributed by atoms with Crippen molar-refractivity contribution in [2.24, 2.45) is 0 Å². The Kier molecular flexibility index (Phi) is 3.86. The smallest absolute Gasteiger partial charge is 0.142 e. The molecule has 0 spiro atoms. The first kappa shape index (κ1) is 11.8. The van der Waals surface area contributed by atoms with Crippen LogP contribution in [0.4, 0.5) is 5.69 Å². The average molecular weight is 229 g/mol. The lowest BCUT2D eigenvalue weighted by atomic mass is 10.1. The van der Waals surface area contributed by atoms with Gasteiger partial charge in [-0.1, -0.05) is 44.0 Å². The van der Waals surface area contributed by atoms with E-state index in [9.17, 15) is 0 Å². The molecule has 90 valence electrons. The molecule has 0 saturated carbocycles. The van der Waals surface area contributed by atoms with Gasteiger partial charge in [0.2, 0.25) is 0 Å². The van der Waals surface area contributed by atoms with Crippen LogP contribution in [-0.2, 0) is 0 Å². The first-order chi connectivity index (χ1) is 8.31. The van der Waals surface area contributed by atoms with Gasteiger partial charge in [-0.3, -0.25) is 0 Å². The predicted molar refractivity (Wildman–Crippen MR) is 73.4 cm³/mol. The third-order valence-corrected chi connectivity index (χ3v) is 2.88. The number of fused-ring (bicyclic) bond motifs is 1. The lowest BCUT2D eigenvalue weighted by Gasteiger charge is -2.10. The number of ether oxygens (including phenoxy) is 1. The van der Waals surface area contributed by atoms with Crippen molar-refractivity contribution in [3.05, 3.63) is 36.4 Å². The molecule has 0 aliphatic rings. The number of nitrogen functional groups attached to an aromatic ring is 1. The van der Waals surface area contributed by atoms with Crippen LogP contribution in [0.3, 0.4) is 0 Å². The molecule has 0 radical (unpaired) electrons. The van der Waals surface area contributed by atoms with Gasteiger partial charge in [0.25, 0.3) is 0 Å². The van der Waals surface area contributed by atoms with Crippen molar-refractivity contribution in [3.8, 4) is 5.75 Å². The number of hydrogen-bond acceptors (Lipinski definition) is 2. The topological polar surface area (TPSA) is 35.2 Å². The van der Waals surface area contributed by atoms with Crippen molar-refractivity contribution in [3.63, 3.8) is 0 Å². The summed E-state index contributed by atoms with van der Waals surface area (Å²) >= 11 is 0. The molecular weight excluding hydrogens is 210 g/mol. The van der Waals surface area contributed by atoms with Gasteiger partial charge in [0.15, 0.2) is 0 Å². The second-order valence-corrected chi connectivity index (χ2v) is 4.29. The first-order valence-corrected chi connectivity index (χ1v) is 6.22. The van der Waals surface area contributed by atoms with Crippen LogP contribution in [0.1, 0.15) is 26.2 Å². The van der Waals surface area contributed by atoms with E-state index in [-0.39, 0.29) is 0 Å². The molecule has 2 rings (SSSR count). The molecule has 0 bridgehead atoms. The lowest BCUT2D eigenvalue weighted by Crippen LogP contribution is -2.00. The number of benzene rings is 2. The van der Waals surface area contributed by atoms with Crippen LogP contribution in [0.5, 0.6) is 5.75 Å². The van der Waals surface area contributed by atoms with E-state index in [0.29, 0.717) is 0 Å². The highest BCUT2D eigenvalue weighted by Gasteiger charge is 2.02. The molecular formula is C15H19NO. The summed E-state index contributed by atoms with van der Waals surface area (Å²) in [6.45, 7) is 2.93. The fourth-order valence-electron chi connectivity index (χ4n) is 1.90. The summed E-state index contributed by atoms with van der Waals surface area (Å²) in [7, 11) is 0. The zero-order chi connectivity index (χ0) is 12.1. The van der Waals surface area contributed by atoms with Crippen LogP contribution >= 0.6 is 0 Å². The van der Waals surface area contributed by atoms with Crippen LogP contribution in [0, 0.1) is 0 Å². The SMILES string of the molecule is CCCCCOc1cc2ccccc2cc1N. The maximum Gasteiger partial charge on any atom is 0.142 e. The highest BCUT2D eigenvalue weighted by molar-refractivity contribution is 5.88. The molecule has 2 nitrogen and oxygen atoms in total. The minimum absolute atomic E-state index is 0.722. The van der Waals surface area contributed by atoms with E-state index in [0.717, 1.165) is 29.9 Å². The van der Waals surface area contributed by atoms with E-state index in [2.05, 4.69) is 19.1 Å². The van der Waals surface area contributed by atoms with Gasteiger partial charge >= 0.3 is 0 Å². The molecule has 2 aromatic rings. The predicted octanol–water partition coefficient (Wildman–Crippen LogP) is 3.99. The van der Waals surface area contributed by atoms with Crippen LogP contribution in [0.25, 0.3) is 10.8 Å². The number of nitrogens with two attached hydrogens (primary N) is 1. The Morgan fingerprint density at radius 1 is 1.06 bits per heavy atom. The fourth-order valence-corrected chi connectivity index (χ4v) is 1.90. The van der Waals surface area contributed by atoms with Crippen LogP contribution < -0.4 is 10.5 Å². The summed E-state index contributed by atoms with van der Waals surface area (Å²) in [4.78, 5) is 0. The molecule has 17 heavy (non-hydrogen) atoms. The fraction of sp³-hybridized carbons (Fsp3) is 0.333. The standard InChI is InChI=1S/C15H19NO/c1-2-3-6-9-17-15-11-13-8-5-4-7-12(13)10-14(15)16/h4-5,7-8,10-11H,2-3,6,9,16H2,1H3. The largest absolute Gasteiger partial charge is 0.491 e. The minimum Gasteiger partial charge on any atom is -0.491 e. The number of anilines is 1. The van der Waals surface area contributed by atoms with E-state index in [1.165, 1.54) is 18.2 Å². The maximum absolute atomic E-state index is 5.98. The minimum atomic E-state index is 0.722. The average Bonchev–Trinajstić information content (AvgIpc) is 2.35. The van der Waals surface area contributed by atoms with Crippen LogP contribution in [0.2, 0.25) is 0 Å². The Morgan fingerprint density at radius 3 is 2.47 bits per heavy atom. The third-order valence-electron chi connectivity index (χ3n) is 2.88. The third kappa shape index (κ3) is 2.90. The molecule has 0 aliphatic heterocycles.